The van der Waals surface area contributed by atoms with Crippen molar-refractivity contribution in [3.63, 3.8) is 0 Å². The fourth-order valence-corrected chi connectivity index (χ4v) is 2.23. The van der Waals surface area contributed by atoms with Gasteiger partial charge in [-0.1, -0.05) is 42.1 Å². The van der Waals surface area contributed by atoms with Crippen LogP contribution in [-0.4, -0.2) is 0 Å². The van der Waals surface area contributed by atoms with E-state index in [4.69, 9.17) is 0 Å². The van der Waals surface area contributed by atoms with Gasteiger partial charge in [-0.2, -0.15) is 0 Å². The molecule has 0 N–H and O–H groups in total. The SMILES string of the molecule is C=CCc1[c]cc(Sc2ccccc2)cc1. The molecule has 0 amide bonds. The van der Waals surface area contributed by atoms with E-state index in [1.165, 1.54) is 15.4 Å². The zero-order chi connectivity index (χ0) is 11.2. The van der Waals surface area contributed by atoms with E-state index in [-0.39, 0.29) is 0 Å². The van der Waals surface area contributed by atoms with Crippen LogP contribution in [0, 0.1) is 6.07 Å². The maximum atomic E-state index is 3.72. The summed E-state index contributed by atoms with van der Waals surface area (Å²) in [6, 6.07) is 19.9. The predicted molar refractivity (Wildman–Crippen MR) is 69.7 cm³/mol. The van der Waals surface area contributed by atoms with Gasteiger partial charge in [-0.05, 0) is 42.3 Å². The predicted octanol–water partition coefficient (Wildman–Crippen LogP) is 4.37. The lowest BCUT2D eigenvalue weighted by Gasteiger charge is -2.02. The molecule has 0 nitrogen and oxygen atoms in total. The summed E-state index contributed by atoms with van der Waals surface area (Å²) < 4.78 is 0. The van der Waals surface area contributed by atoms with Gasteiger partial charge in [-0.15, -0.1) is 6.58 Å². The fourth-order valence-electron chi connectivity index (χ4n) is 1.41. The molecule has 0 aliphatic carbocycles. The van der Waals surface area contributed by atoms with E-state index in [1.54, 1.807) is 11.8 Å². The molecular weight excluding hydrogens is 212 g/mol. The Bertz CT molecular complexity index is 443. The van der Waals surface area contributed by atoms with E-state index >= 15 is 0 Å². The number of benzene rings is 2. The van der Waals surface area contributed by atoms with Gasteiger partial charge in [-0.25, -0.2) is 0 Å². The number of rotatable bonds is 4. The van der Waals surface area contributed by atoms with Crippen LogP contribution in [0.3, 0.4) is 0 Å². The molecule has 0 heterocycles. The van der Waals surface area contributed by atoms with Crippen LogP contribution in [0.4, 0.5) is 0 Å². The molecule has 2 aromatic rings. The van der Waals surface area contributed by atoms with E-state index in [0.717, 1.165) is 6.42 Å². The highest BCUT2D eigenvalue weighted by atomic mass is 32.2. The van der Waals surface area contributed by atoms with Gasteiger partial charge in [0.1, 0.15) is 0 Å². The molecular formula is C15H13S. The van der Waals surface area contributed by atoms with Crippen molar-refractivity contribution < 1.29 is 0 Å². The van der Waals surface area contributed by atoms with Gasteiger partial charge in [0.2, 0.25) is 0 Å². The third kappa shape index (κ3) is 3.01. The van der Waals surface area contributed by atoms with Gasteiger partial charge in [0, 0.05) is 9.79 Å². The number of allylic oxidation sites excluding steroid dienone is 1. The van der Waals surface area contributed by atoms with E-state index in [9.17, 15) is 0 Å². The first-order valence-corrected chi connectivity index (χ1v) is 6.04. The highest BCUT2D eigenvalue weighted by Gasteiger charge is 1.96. The Morgan fingerprint density at radius 3 is 2.50 bits per heavy atom. The topological polar surface area (TPSA) is 0 Å². The molecule has 0 saturated heterocycles. The highest BCUT2D eigenvalue weighted by molar-refractivity contribution is 7.99. The molecule has 2 aromatic carbocycles. The fraction of sp³-hybridized carbons (Fsp3) is 0.0667. The molecule has 16 heavy (non-hydrogen) atoms. The van der Waals surface area contributed by atoms with Crippen molar-refractivity contribution in [3.8, 4) is 0 Å². The monoisotopic (exact) mass is 225 g/mol. The van der Waals surface area contributed by atoms with Gasteiger partial charge in [0.05, 0.1) is 0 Å². The third-order valence-electron chi connectivity index (χ3n) is 2.19. The van der Waals surface area contributed by atoms with Crippen LogP contribution in [-0.2, 0) is 6.42 Å². The first-order valence-electron chi connectivity index (χ1n) is 5.23. The van der Waals surface area contributed by atoms with E-state index in [1.807, 2.05) is 18.2 Å². The van der Waals surface area contributed by atoms with E-state index in [2.05, 4.69) is 49.0 Å². The van der Waals surface area contributed by atoms with Crippen LogP contribution in [0.2, 0.25) is 0 Å². The van der Waals surface area contributed by atoms with Gasteiger partial charge < -0.3 is 0 Å². The molecule has 79 valence electrons. The minimum absolute atomic E-state index is 0.885. The molecule has 0 unspecified atom stereocenters. The summed E-state index contributed by atoms with van der Waals surface area (Å²) in [5, 5.41) is 0. The van der Waals surface area contributed by atoms with Crippen molar-refractivity contribution in [2.24, 2.45) is 0 Å². The summed E-state index contributed by atoms with van der Waals surface area (Å²) in [5.74, 6) is 0. The molecule has 0 aliphatic heterocycles. The van der Waals surface area contributed by atoms with Crippen molar-refractivity contribution in [1.82, 2.24) is 0 Å². The molecule has 2 rings (SSSR count). The van der Waals surface area contributed by atoms with E-state index in [0.29, 0.717) is 0 Å². The summed E-state index contributed by atoms with van der Waals surface area (Å²) in [7, 11) is 0. The largest absolute Gasteiger partial charge is 0.103 e. The van der Waals surface area contributed by atoms with Crippen molar-refractivity contribution in [3.05, 3.63) is 72.8 Å². The zero-order valence-corrected chi connectivity index (χ0v) is 9.84. The minimum Gasteiger partial charge on any atom is -0.103 e. The van der Waals surface area contributed by atoms with Crippen molar-refractivity contribution >= 4 is 11.8 Å². The van der Waals surface area contributed by atoms with Crippen LogP contribution >= 0.6 is 11.8 Å². The maximum Gasteiger partial charge on any atom is 0.0128 e. The Kier molecular flexibility index (Phi) is 3.84. The average Bonchev–Trinajstić information content (AvgIpc) is 2.33. The van der Waals surface area contributed by atoms with E-state index < -0.39 is 0 Å². The average molecular weight is 225 g/mol. The van der Waals surface area contributed by atoms with Crippen molar-refractivity contribution in [1.29, 1.82) is 0 Å². The molecule has 0 atom stereocenters. The molecule has 0 fully saturated rings. The Balaban J connectivity index is 2.08. The summed E-state index contributed by atoms with van der Waals surface area (Å²) in [6.45, 7) is 3.72. The van der Waals surface area contributed by atoms with Crippen LogP contribution < -0.4 is 0 Å². The van der Waals surface area contributed by atoms with Crippen molar-refractivity contribution in [2.75, 3.05) is 0 Å². The first-order chi connectivity index (χ1) is 7.88. The van der Waals surface area contributed by atoms with Crippen LogP contribution in [0.15, 0.2) is 71.0 Å². The second-order valence-electron chi connectivity index (χ2n) is 3.46. The summed E-state index contributed by atoms with van der Waals surface area (Å²) >= 11 is 1.76. The molecule has 0 bridgehead atoms. The van der Waals surface area contributed by atoms with Crippen LogP contribution in [0.1, 0.15) is 5.56 Å². The van der Waals surface area contributed by atoms with Crippen LogP contribution in [0.5, 0.6) is 0 Å². The number of hydrogen-bond donors (Lipinski definition) is 0. The minimum atomic E-state index is 0.885. The summed E-state index contributed by atoms with van der Waals surface area (Å²) in [4.78, 5) is 2.48. The second kappa shape index (κ2) is 5.57. The molecule has 0 aromatic heterocycles. The van der Waals surface area contributed by atoms with Gasteiger partial charge in [0.25, 0.3) is 0 Å². The smallest absolute Gasteiger partial charge is 0.0128 e. The third-order valence-corrected chi connectivity index (χ3v) is 3.19. The lowest BCUT2D eigenvalue weighted by Crippen LogP contribution is -1.80. The maximum absolute atomic E-state index is 3.72. The summed E-state index contributed by atoms with van der Waals surface area (Å²) in [6.07, 6.45) is 2.78. The van der Waals surface area contributed by atoms with Crippen LogP contribution in [0.25, 0.3) is 0 Å². The van der Waals surface area contributed by atoms with Crippen molar-refractivity contribution in [2.45, 2.75) is 16.2 Å². The number of hydrogen-bond acceptors (Lipinski definition) is 1. The lowest BCUT2D eigenvalue weighted by atomic mass is 10.2. The Hall–Kier alpha value is -1.47. The Labute approximate surface area is 101 Å². The van der Waals surface area contributed by atoms with Gasteiger partial charge in [0.15, 0.2) is 0 Å². The molecule has 0 aliphatic rings. The quantitative estimate of drug-likeness (QED) is 0.696. The standard InChI is InChI=1S/C15H13S/c1-2-6-13-9-11-15(12-10-13)16-14-7-4-3-5-8-14/h2-5,7-9,11-12H,1,6H2. The Morgan fingerprint density at radius 1 is 1.06 bits per heavy atom. The summed E-state index contributed by atoms with van der Waals surface area (Å²) in [5.41, 5.74) is 1.19. The molecule has 1 heteroatoms. The Morgan fingerprint density at radius 2 is 1.88 bits per heavy atom. The second-order valence-corrected chi connectivity index (χ2v) is 4.60. The van der Waals surface area contributed by atoms with Gasteiger partial charge >= 0.3 is 0 Å². The first kappa shape index (κ1) is 11.0. The molecule has 1 radical (unpaired) electrons. The highest BCUT2D eigenvalue weighted by Crippen LogP contribution is 2.27. The van der Waals surface area contributed by atoms with Gasteiger partial charge in [-0.3, -0.25) is 0 Å². The normalized spacial score (nSPS) is 10.0. The molecule has 0 saturated carbocycles. The zero-order valence-electron chi connectivity index (χ0n) is 9.02. The lowest BCUT2D eigenvalue weighted by molar-refractivity contribution is 1.24. The molecule has 0 spiro atoms.